The molecule has 0 radical (unpaired) electrons. The first-order valence-corrected chi connectivity index (χ1v) is 9.76. The number of aromatic nitrogens is 4. The maximum absolute atomic E-state index is 5.84. The molecule has 148 valence electrons. The van der Waals surface area contributed by atoms with Gasteiger partial charge < -0.3 is 10.6 Å². The fourth-order valence-electron chi connectivity index (χ4n) is 3.63. The van der Waals surface area contributed by atoms with Gasteiger partial charge in [0.15, 0.2) is 0 Å². The van der Waals surface area contributed by atoms with Gasteiger partial charge in [0.2, 0.25) is 0 Å². The van der Waals surface area contributed by atoms with E-state index in [1.165, 1.54) is 0 Å². The van der Waals surface area contributed by atoms with Gasteiger partial charge in [-0.1, -0.05) is 12.1 Å². The number of fused-ring (bicyclic) bond motifs is 1. The first-order valence-electron chi connectivity index (χ1n) is 9.76. The SMILES string of the molecule is C=N/C=C\C=C(/C)c1cc2c(-c3cccc(N4CC[C@H](CN)C4)n3)n[nH]c2cn1. The molecule has 1 aliphatic rings. The van der Waals surface area contributed by atoms with Crippen molar-refractivity contribution in [3.8, 4) is 11.4 Å². The van der Waals surface area contributed by atoms with Crippen molar-refractivity contribution >= 4 is 29.0 Å². The Labute approximate surface area is 170 Å². The lowest BCUT2D eigenvalue weighted by molar-refractivity contribution is 0.602. The highest BCUT2D eigenvalue weighted by atomic mass is 15.2. The summed E-state index contributed by atoms with van der Waals surface area (Å²) in [5, 5.41) is 8.59. The topological polar surface area (TPSA) is 96.1 Å². The van der Waals surface area contributed by atoms with Crippen LogP contribution in [0.25, 0.3) is 27.9 Å². The van der Waals surface area contributed by atoms with E-state index in [4.69, 9.17) is 10.7 Å². The molecule has 0 unspecified atom stereocenters. The zero-order chi connectivity index (χ0) is 20.2. The van der Waals surface area contributed by atoms with E-state index in [0.717, 1.165) is 65.4 Å². The summed E-state index contributed by atoms with van der Waals surface area (Å²) in [4.78, 5) is 15.4. The van der Waals surface area contributed by atoms with Crippen molar-refractivity contribution in [2.24, 2.45) is 16.6 Å². The lowest BCUT2D eigenvalue weighted by atomic mass is 10.1. The van der Waals surface area contributed by atoms with Gasteiger partial charge in [0.1, 0.15) is 11.5 Å². The zero-order valence-electron chi connectivity index (χ0n) is 16.5. The average molecular weight is 387 g/mol. The van der Waals surface area contributed by atoms with E-state index in [1.807, 2.05) is 43.5 Å². The maximum atomic E-state index is 5.84. The van der Waals surface area contributed by atoms with Crippen molar-refractivity contribution < 1.29 is 0 Å². The minimum Gasteiger partial charge on any atom is -0.356 e. The molecule has 4 rings (SSSR count). The first-order chi connectivity index (χ1) is 14.2. The van der Waals surface area contributed by atoms with Crippen LogP contribution in [0.4, 0.5) is 5.82 Å². The molecule has 1 saturated heterocycles. The number of nitrogens with two attached hydrogens (primary N) is 1. The van der Waals surface area contributed by atoms with Crippen molar-refractivity contribution in [2.45, 2.75) is 13.3 Å². The lowest BCUT2D eigenvalue weighted by Gasteiger charge is -2.17. The van der Waals surface area contributed by atoms with Crippen LogP contribution in [-0.2, 0) is 0 Å². The molecule has 0 aromatic carbocycles. The third-order valence-corrected chi connectivity index (χ3v) is 5.31. The van der Waals surface area contributed by atoms with Gasteiger partial charge in [-0.05, 0) is 62.4 Å². The summed E-state index contributed by atoms with van der Waals surface area (Å²) >= 11 is 0. The molecule has 1 atom stereocenters. The molecule has 1 fully saturated rings. The first kappa shape index (κ1) is 19.0. The van der Waals surface area contributed by atoms with Gasteiger partial charge in [0.05, 0.1) is 23.1 Å². The van der Waals surface area contributed by atoms with Gasteiger partial charge in [-0.2, -0.15) is 5.10 Å². The van der Waals surface area contributed by atoms with E-state index in [0.29, 0.717) is 5.92 Å². The van der Waals surface area contributed by atoms with Gasteiger partial charge in [0, 0.05) is 24.7 Å². The van der Waals surface area contributed by atoms with Gasteiger partial charge in [0.25, 0.3) is 0 Å². The standard InChI is InChI=1S/C22H25N7/c1-15(5-4-9-24-2)19-11-17-20(13-25-19)27-28-22(17)18-6-3-7-21(26-18)29-10-8-16(12-23)14-29/h3-7,9,11,13,16H,2,8,10,12,14,23H2,1H3,(H,27,28)/b9-4-,15-5+/t16-/m1/s1. The minimum atomic E-state index is 0.542. The van der Waals surface area contributed by atoms with Crippen LogP contribution in [0.1, 0.15) is 19.0 Å². The predicted molar refractivity (Wildman–Crippen MR) is 119 cm³/mol. The number of nitrogens with one attached hydrogen (secondary N) is 1. The Bertz CT molecular complexity index is 1080. The summed E-state index contributed by atoms with van der Waals surface area (Å²) in [5.74, 6) is 1.52. The molecule has 0 bridgehead atoms. The number of allylic oxidation sites excluding steroid dienone is 3. The van der Waals surface area contributed by atoms with Crippen LogP contribution >= 0.6 is 0 Å². The highest BCUT2D eigenvalue weighted by Crippen LogP contribution is 2.29. The van der Waals surface area contributed by atoms with E-state index in [2.05, 4.69) is 37.9 Å². The normalized spacial score (nSPS) is 17.5. The van der Waals surface area contributed by atoms with Crippen LogP contribution in [-0.4, -0.2) is 46.5 Å². The van der Waals surface area contributed by atoms with E-state index in [-0.39, 0.29) is 0 Å². The number of hydrogen-bond acceptors (Lipinski definition) is 6. The third kappa shape index (κ3) is 3.95. The second-order valence-corrected chi connectivity index (χ2v) is 7.28. The monoisotopic (exact) mass is 387 g/mol. The third-order valence-electron chi connectivity index (χ3n) is 5.31. The second-order valence-electron chi connectivity index (χ2n) is 7.28. The number of H-pyrrole nitrogens is 1. The van der Waals surface area contributed by atoms with Crippen LogP contribution in [0.5, 0.6) is 0 Å². The molecule has 7 heteroatoms. The van der Waals surface area contributed by atoms with Crippen molar-refractivity contribution in [1.82, 2.24) is 20.2 Å². The van der Waals surface area contributed by atoms with Gasteiger partial charge >= 0.3 is 0 Å². The van der Waals surface area contributed by atoms with Gasteiger partial charge in [-0.3, -0.25) is 15.1 Å². The molecule has 3 aromatic heterocycles. The van der Waals surface area contributed by atoms with Crippen LogP contribution in [0, 0.1) is 5.92 Å². The molecule has 1 aliphatic heterocycles. The molecule has 0 saturated carbocycles. The lowest BCUT2D eigenvalue weighted by Crippen LogP contribution is -2.23. The number of anilines is 1. The molecular weight excluding hydrogens is 362 g/mol. The summed E-state index contributed by atoms with van der Waals surface area (Å²) in [6.07, 6.45) is 8.38. The Morgan fingerprint density at radius 3 is 3.14 bits per heavy atom. The highest BCUT2D eigenvalue weighted by molar-refractivity contribution is 5.93. The summed E-state index contributed by atoms with van der Waals surface area (Å²) in [5.41, 5.74) is 10.3. The Kier molecular flexibility index (Phi) is 5.48. The summed E-state index contributed by atoms with van der Waals surface area (Å²) < 4.78 is 0. The van der Waals surface area contributed by atoms with Crippen LogP contribution in [0.15, 0.2) is 53.8 Å². The molecule has 7 nitrogen and oxygen atoms in total. The molecule has 0 aliphatic carbocycles. The van der Waals surface area contributed by atoms with E-state index in [1.54, 1.807) is 6.20 Å². The number of nitrogens with zero attached hydrogens (tertiary/aromatic N) is 5. The molecule has 29 heavy (non-hydrogen) atoms. The van der Waals surface area contributed by atoms with Crippen LogP contribution in [0.2, 0.25) is 0 Å². The summed E-state index contributed by atoms with van der Waals surface area (Å²) in [7, 11) is 0. The maximum Gasteiger partial charge on any atom is 0.129 e. The molecule has 0 amide bonds. The zero-order valence-corrected chi connectivity index (χ0v) is 16.5. The number of rotatable bonds is 6. The van der Waals surface area contributed by atoms with Crippen molar-refractivity contribution in [1.29, 1.82) is 0 Å². The van der Waals surface area contributed by atoms with E-state index in [9.17, 15) is 0 Å². The number of aliphatic imine (C=N–C) groups is 1. The minimum absolute atomic E-state index is 0.542. The Morgan fingerprint density at radius 1 is 1.45 bits per heavy atom. The highest BCUT2D eigenvalue weighted by Gasteiger charge is 2.22. The van der Waals surface area contributed by atoms with Crippen LogP contribution < -0.4 is 10.6 Å². The molecule has 3 aromatic rings. The van der Waals surface area contributed by atoms with Gasteiger partial charge in [-0.25, -0.2) is 4.98 Å². The quantitative estimate of drug-likeness (QED) is 0.499. The Balaban J connectivity index is 1.68. The van der Waals surface area contributed by atoms with E-state index >= 15 is 0 Å². The summed E-state index contributed by atoms with van der Waals surface area (Å²) in [6.45, 7) is 8.13. The van der Waals surface area contributed by atoms with Crippen molar-refractivity contribution in [3.63, 3.8) is 0 Å². The molecule has 3 N–H and O–H groups in total. The second kappa shape index (κ2) is 8.36. The molecular formula is C22H25N7. The fraction of sp³-hybridized carbons (Fsp3) is 0.273. The van der Waals surface area contributed by atoms with E-state index < -0.39 is 0 Å². The molecule has 0 spiro atoms. The Hall–Kier alpha value is -3.32. The van der Waals surface area contributed by atoms with Crippen molar-refractivity contribution in [3.05, 3.63) is 54.5 Å². The fourth-order valence-corrected chi connectivity index (χ4v) is 3.63. The number of pyridine rings is 2. The summed E-state index contributed by atoms with van der Waals surface area (Å²) in [6, 6.07) is 8.13. The van der Waals surface area contributed by atoms with Gasteiger partial charge in [-0.15, -0.1) is 0 Å². The van der Waals surface area contributed by atoms with Crippen molar-refractivity contribution in [2.75, 3.05) is 24.5 Å². The van der Waals surface area contributed by atoms with Crippen LogP contribution in [0.3, 0.4) is 0 Å². The Morgan fingerprint density at radius 2 is 2.34 bits per heavy atom. The molecule has 4 heterocycles. The number of hydrogen-bond donors (Lipinski definition) is 2. The smallest absolute Gasteiger partial charge is 0.129 e. The number of aromatic amines is 1. The average Bonchev–Trinajstić information content (AvgIpc) is 3.40. The predicted octanol–water partition coefficient (Wildman–Crippen LogP) is 3.42. The largest absolute Gasteiger partial charge is 0.356 e.